The molecule has 0 atom stereocenters. The average molecular weight is 285 g/mol. The number of carbonyl (C=O) groups is 1. The minimum absolute atomic E-state index is 0.120. The van der Waals surface area contributed by atoms with Gasteiger partial charge in [-0.3, -0.25) is 0 Å². The normalized spacial score (nSPS) is 10.4. The van der Waals surface area contributed by atoms with Gasteiger partial charge in [-0.05, 0) is 18.6 Å². The molecule has 0 aliphatic carbocycles. The predicted octanol–water partition coefficient (Wildman–Crippen LogP) is 3.28. The van der Waals surface area contributed by atoms with Crippen molar-refractivity contribution in [3.63, 3.8) is 0 Å². The molecule has 0 saturated carbocycles. The fourth-order valence-electron chi connectivity index (χ4n) is 1.80. The molecule has 20 heavy (non-hydrogen) atoms. The third kappa shape index (κ3) is 4.45. The van der Waals surface area contributed by atoms with E-state index in [0.717, 1.165) is 42.8 Å². The quantitative estimate of drug-likeness (QED) is 0.377. The van der Waals surface area contributed by atoms with E-state index in [1.165, 1.54) is 11.0 Å². The maximum atomic E-state index is 13.1. The van der Waals surface area contributed by atoms with Crippen molar-refractivity contribution in [2.75, 3.05) is 18.6 Å². The van der Waals surface area contributed by atoms with Crippen molar-refractivity contribution in [2.24, 2.45) is 5.84 Å². The molecule has 0 fully saturated rings. The molecule has 2 N–H and O–H groups in total. The Morgan fingerprint density at radius 2 is 1.90 bits per heavy atom. The Kier molecular flexibility index (Phi) is 6.38. The Labute approximate surface area is 118 Å². The van der Waals surface area contributed by atoms with Gasteiger partial charge in [-0.1, -0.05) is 26.2 Å². The van der Waals surface area contributed by atoms with Gasteiger partial charge in [0.05, 0.1) is 5.69 Å². The number of benzene rings is 1. The first-order valence-electron chi connectivity index (χ1n) is 6.72. The number of hydrazine groups is 1. The van der Waals surface area contributed by atoms with Crippen LogP contribution in [0.2, 0.25) is 0 Å². The third-order valence-corrected chi connectivity index (χ3v) is 3.06. The highest BCUT2D eigenvalue weighted by Gasteiger charge is 2.17. The van der Waals surface area contributed by atoms with Gasteiger partial charge in [0.2, 0.25) is 0 Å². The SMILES string of the molecule is CCCCCCN(C)C(=O)N(N)c1ccc(F)c(F)c1. The number of anilines is 1. The van der Waals surface area contributed by atoms with Crippen molar-refractivity contribution < 1.29 is 13.6 Å². The van der Waals surface area contributed by atoms with Crippen LogP contribution in [0.5, 0.6) is 0 Å². The highest BCUT2D eigenvalue weighted by atomic mass is 19.2. The number of carbonyl (C=O) groups excluding carboxylic acids is 1. The molecule has 1 rings (SSSR count). The lowest BCUT2D eigenvalue weighted by Gasteiger charge is -2.24. The smallest absolute Gasteiger partial charge is 0.326 e. The van der Waals surface area contributed by atoms with Crippen LogP contribution in [-0.4, -0.2) is 24.5 Å². The zero-order valence-corrected chi connectivity index (χ0v) is 11.9. The highest BCUT2D eigenvalue weighted by molar-refractivity contribution is 5.90. The van der Waals surface area contributed by atoms with Crippen LogP contribution >= 0.6 is 0 Å². The number of hydrogen-bond acceptors (Lipinski definition) is 2. The van der Waals surface area contributed by atoms with Gasteiger partial charge in [0.15, 0.2) is 11.6 Å². The topological polar surface area (TPSA) is 49.6 Å². The minimum Gasteiger partial charge on any atom is -0.326 e. The van der Waals surface area contributed by atoms with E-state index in [4.69, 9.17) is 5.84 Å². The van der Waals surface area contributed by atoms with Crippen LogP contribution in [0.3, 0.4) is 0 Å². The third-order valence-electron chi connectivity index (χ3n) is 3.06. The fraction of sp³-hybridized carbons (Fsp3) is 0.500. The summed E-state index contributed by atoms with van der Waals surface area (Å²) in [6.07, 6.45) is 4.18. The second-order valence-corrected chi connectivity index (χ2v) is 4.73. The summed E-state index contributed by atoms with van der Waals surface area (Å²) in [7, 11) is 1.63. The molecule has 1 aromatic rings. The van der Waals surface area contributed by atoms with E-state index in [0.29, 0.717) is 6.54 Å². The molecule has 0 aliphatic heterocycles. The van der Waals surface area contributed by atoms with E-state index >= 15 is 0 Å². The van der Waals surface area contributed by atoms with Crippen LogP contribution in [0.4, 0.5) is 19.3 Å². The van der Waals surface area contributed by atoms with Gasteiger partial charge in [0.1, 0.15) is 0 Å². The van der Waals surface area contributed by atoms with Crippen molar-refractivity contribution >= 4 is 11.7 Å². The van der Waals surface area contributed by atoms with E-state index in [9.17, 15) is 13.6 Å². The summed E-state index contributed by atoms with van der Waals surface area (Å²) in [5.74, 6) is 3.64. The van der Waals surface area contributed by atoms with Crippen molar-refractivity contribution in [1.29, 1.82) is 0 Å². The van der Waals surface area contributed by atoms with Crippen molar-refractivity contribution in [2.45, 2.75) is 32.6 Å². The Balaban J connectivity index is 2.58. The summed E-state index contributed by atoms with van der Waals surface area (Å²) in [5.41, 5.74) is 0.120. The van der Waals surface area contributed by atoms with Gasteiger partial charge in [-0.2, -0.15) is 0 Å². The standard InChI is InChI=1S/C14H21F2N3O/c1-3-4-5-6-9-18(2)14(20)19(17)11-7-8-12(15)13(16)10-11/h7-8,10H,3-6,9,17H2,1-2H3. The molecule has 0 heterocycles. The number of hydrogen-bond donors (Lipinski definition) is 1. The van der Waals surface area contributed by atoms with Gasteiger partial charge >= 0.3 is 6.03 Å². The molecule has 2 amide bonds. The van der Waals surface area contributed by atoms with Crippen LogP contribution in [0.1, 0.15) is 32.6 Å². The summed E-state index contributed by atoms with van der Waals surface area (Å²) in [4.78, 5) is 13.5. The average Bonchev–Trinajstić information content (AvgIpc) is 2.44. The number of halogens is 2. The lowest BCUT2D eigenvalue weighted by atomic mass is 10.2. The van der Waals surface area contributed by atoms with Crippen LogP contribution in [0, 0.1) is 11.6 Å². The molecule has 4 nitrogen and oxygen atoms in total. The van der Waals surface area contributed by atoms with Crippen molar-refractivity contribution in [3.8, 4) is 0 Å². The number of unbranched alkanes of at least 4 members (excludes halogenated alkanes) is 3. The molecule has 1 aromatic carbocycles. The van der Waals surface area contributed by atoms with Gasteiger partial charge in [0, 0.05) is 19.7 Å². The maximum Gasteiger partial charge on any atom is 0.338 e. The molecule has 0 aliphatic rings. The number of urea groups is 1. The molecule has 0 saturated heterocycles. The summed E-state index contributed by atoms with van der Waals surface area (Å²) in [6.45, 7) is 2.69. The van der Waals surface area contributed by atoms with Crippen molar-refractivity contribution in [1.82, 2.24) is 4.90 Å². The molecule has 0 unspecified atom stereocenters. The number of nitrogens with zero attached hydrogens (tertiary/aromatic N) is 2. The molecule has 6 heteroatoms. The van der Waals surface area contributed by atoms with Crippen LogP contribution in [-0.2, 0) is 0 Å². The Morgan fingerprint density at radius 3 is 2.50 bits per heavy atom. The second-order valence-electron chi connectivity index (χ2n) is 4.73. The van der Waals surface area contributed by atoms with Gasteiger partial charge in [0.25, 0.3) is 0 Å². The molecular weight excluding hydrogens is 264 g/mol. The van der Waals surface area contributed by atoms with E-state index in [1.54, 1.807) is 7.05 Å². The van der Waals surface area contributed by atoms with Gasteiger partial charge in [-0.25, -0.2) is 24.4 Å². The summed E-state index contributed by atoms with van der Waals surface area (Å²) in [6, 6.07) is 2.66. The highest BCUT2D eigenvalue weighted by Crippen LogP contribution is 2.16. The second kappa shape index (κ2) is 7.79. The van der Waals surface area contributed by atoms with Crippen LogP contribution in [0.15, 0.2) is 18.2 Å². The van der Waals surface area contributed by atoms with Crippen LogP contribution < -0.4 is 10.9 Å². The largest absolute Gasteiger partial charge is 0.338 e. The first kappa shape index (κ1) is 16.4. The number of rotatable bonds is 6. The first-order chi connectivity index (χ1) is 9.47. The number of amides is 2. The van der Waals surface area contributed by atoms with E-state index in [-0.39, 0.29) is 5.69 Å². The summed E-state index contributed by atoms with van der Waals surface area (Å²) in [5, 5.41) is 0.822. The van der Waals surface area contributed by atoms with Gasteiger partial charge < -0.3 is 4.90 Å². The molecular formula is C14H21F2N3O. The Morgan fingerprint density at radius 1 is 1.20 bits per heavy atom. The van der Waals surface area contributed by atoms with E-state index < -0.39 is 17.7 Å². The molecule has 112 valence electrons. The predicted molar refractivity (Wildman–Crippen MR) is 75.2 cm³/mol. The lowest BCUT2D eigenvalue weighted by molar-refractivity contribution is 0.214. The number of nitrogens with two attached hydrogens (primary N) is 1. The van der Waals surface area contributed by atoms with Gasteiger partial charge in [-0.15, -0.1) is 0 Å². The fourth-order valence-corrected chi connectivity index (χ4v) is 1.80. The van der Waals surface area contributed by atoms with Crippen molar-refractivity contribution in [3.05, 3.63) is 29.8 Å². The molecule has 0 spiro atoms. The summed E-state index contributed by atoms with van der Waals surface area (Å²) >= 11 is 0. The Bertz CT molecular complexity index is 454. The first-order valence-corrected chi connectivity index (χ1v) is 6.72. The minimum atomic E-state index is -1.03. The molecule has 0 aromatic heterocycles. The molecule has 0 radical (unpaired) electrons. The summed E-state index contributed by atoms with van der Waals surface area (Å²) < 4.78 is 25.9. The Hall–Kier alpha value is -1.69. The van der Waals surface area contributed by atoms with E-state index in [1.807, 2.05) is 0 Å². The molecule has 0 bridgehead atoms. The van der Waals surface area contributed by atoms with E-state index in [2.05, 4.69) is 6.92 Å². The maximum absolute atomic E-state index is 13.1. The lowest BCUT2D eigenvalue weighted by Crippen LogP contribution is -2.46. The zero-order valence-electron chi connectivity index (χ0n) is 11.9. The van der Waals surface area contributed by atoms with Crippen LogP contribution in [0.25, 0.3) is 0 Å². The zero-order chi connectivity index (χ0) is 15.1. The monoisotopic (exact) mass is 285 g/mol.